The molecular weight excluding hydrogens is 278 g/mol. The molecule has 2 rings (SSSR count). The largest absolute Gasteiger partial charge is 0.395 e. The van der Waals surface area contributed by atoms with Crippen molar-refractivity contribution in [1.82, 2.24) is 14.9 Å². The Labute approximate surface area is 124 Å². The molecule has 0 atom stereocenters. The first-order valence-electron chi connectivity index (χ1n) is 7.09. The Morgan fingerprint density at radius 1 is 1.35 bits per heavy atom. The van der Waals surface area contributed by atoms with Crippen molar-refractivity contribution in [3.63, 3.8) is 0 Å². The molecule has 2 heterocycles. The number of nitrogens with one attached hydrogen (secondary N) is 1. The fourth-order valence-electron chi connectivity index (χ4n) is 2.37. The number of hydrogen-bond acceptors (Lipinski definition) is 6. The minimum atomic E-state index is 0.207. The van der Waals surface area contributed by atoms with Crippen molar-refractivity contribution in [3.05, 3.63) is 11.2 Å². The Balaban J connectivity index is 2.08. The summed E-state index contributed by atoms with van der Waals surface area (Å²) in [4.78, 5) is 13.1. The number of hydrogen-bond donors (Lipinski definition) is 2. The van der Waals surface area contributed by atoms with Crippen molar-refractivity contribution >= 4 is 23.4 Å². The van der Waals surface area contributed by atoms with Crippen molar-refractivity contribution in [3.8, 4) is 0 Å². The van der Waals surface area contributed by atoms with Crippen molar-refractivity contribution in [2.45, 2.75) is 13.3 Å². The number of nitrogens with zero attached hydrogens (tertiary/aromatic N) is 4. The molecule has 0 bridgehead atoms. The van der Waals surface area contributed by atoms with E-state index in [1.807, 2.05) is 6.92 Å². The van der Waals surface area contributed by atoms with Gasteiger partial charge >= 0.3 is 0 Å². The van der Waals surface area contributed by atoms with Crippen LogP contribution in [0.3, 0.4) is 0 Å². The average molecular weight is 300 g/mol. The zero-order valence-electron chi connectivity index (χ0n) is 11.8. The minimum Gasteiger partial charge on any atom is -0.395 e. The van der Waals surface area contributed by atoms with Crippen LogP contribution in [0.2, 0.25) is 5.02 Å². The molecule has 112 valence electrons. The van der Waals surface area contributed by atoms with Gasteiger partial charge in [-0.3, -0.25) is 4.90 Å². The highest BCUT2D eigenvalue weighted by Gasteiger charge is 2.18. The second-order valence-corrected chi connectivity index (χ2v) is 5.21. The first-order valence-corrected chi connectivity index (χ1v) is 7.47. The number of anilines is 2. The standard InChI is InChI=1S/C13H22ClN5O/c1-2-15-13-16-10-11(14)12(17-13)19-5-3-4-18(6-7-19)8-9-20/h10,20H,2-9H2,1H3,(H,15,16,17). The van der Waals surface area contributed by atoms with Gasteiger partial charge in [-0.05, 0) is 19.9 Å². The minimum absolute atomic E-state index is 0.207. The Morgan fingerprint density at radius 3 is 2.95 bits per heavy atom. The van der Waals surface area contributed by atoms with Crippen LogP contribution < -0.4 is 10.2 Å². The van der Waals surface area contributed by atoms with Crippen LogP contribution in [0.4, 0.5) is 11.8 Å². The molecule has 2 N–H and O–H groups in total. The summed E-state index contributed by atoms with van der Waals surface area (Å²) in [6.45, 7) is 7.43. The van der Waals surface area contributed by atoms with E-state index >= 15 is 0 Å². The van der Waals surface area contributed by atoms with E-state index in [4.69, 9.17) is 16.7 Å². The third-order valence-corrected chi connectivity index (χ3v) is 3.63. The summed E-state index contributed by atoms with van der Waals surface area (Å²) >= 11 is 6.23. The molecule has 20 heavy (non-hydrogen) atoms. The van der Waals surface area contributed by atoms with Gasteiger partial charge < -0.3 is 15.3 Å². The lowest BCUT2D eigenvalue weighted by atomic mass is 10.3. The van der Waals surface area contributed by atoms with Crippen LogP contribution in [0, 0.1) is 0 Å². The summed E-state index contributed by atoms with van der Waals surface area (Å²) in [6, 6.07) is 0. The van der Waals surface area contributed by atoms with Gasteiger partial charge in [0.1, 0.15) is 5.02 Å². The number of aliphatic hydroxyl groups is 1. The van der Waals surface area contributed by atoms with Gasteiger partial charge in [0.05, 0.1) is 12.8 Å². The average Bonchev–Trinajstić information content (AvgIpc) is 2.67. The number of rotatable bonds is 5. The molecule has 0 saturated carbocycles. The number of halogens is 1. The normalized spacial score (nSPS) is 17.1. The SMILES string of the molecule is CCNc1ncc(Cl)c(N2CCCN(CCO)CC2)n1. The highest BCUT2D eigenvalue weighted by Crippen LogP contribution is 2.24. The van der Waals surface area contributed by atoms with Gasteiger partial charge in [0, 0.05) is 32.7 Å². The van der Waals surface area contributed by atoms with Gasteiger partial charge in [-0.2, -0.15) is 4.98 Å². The van der Waals surface area contributed by atoms with E-state index in [1.54, 1.807) is 6.20 Å². The summed E-state index contributed by atoms with van der Waals surface area (Å²) < 4.78 is 0. The topological polar surface area (TPSA) is 64.5 Å². The third-order valence-electron chi connectivity index (χ3n) is 3.36. The molecule has 0 radical (unpaired) electrons. The van der Waals surface area contributed by atoms with Crippen LogP contribution in [0.1, 0.15) is 13.3 Å². The number of aliphatic hydroxyl groups excluding tert-OH is 1. The lowest BCUT2D eigenvalue weighted by Gasteiger charge is -2.23. The first-order chi connectivity index (χ1) is 9.74. The molecule has 0 aliphatic carbocycles. The molecule has 0 aromatic carbocycles. The number of aromatic nitrogens is 2. The van der Waals surface area contributed by atoms with Gasteiger partial charge in [-0.15, -0.1) is 0 Å². The van der Waals surface area contributed by atoms with Crippen LogP contribution in [-0.4, -0.2) is 65.8 Å². The lowest BCUT2D eigenvalue weighted by molar-refractivity contribution is 0.204. The maximum absolute atomic E-state index is 9.03. The monoisotopic (exact) mass is 299 g/mol. The molecule has 7 heteroatoms. The molecule has 1 aliphatic rings. The first kappa shape index (κ1) is 15.3. The van der Waals surface area contributed by atoms with E-state index in [2.05, 4.69) is 25.1 Å². The Morgan fingerprint density at radius 2 is 2.20 bits per heavy atom. The lowest BCUT2D eigenvalue weighted by Crippen LogP contribution is -2.33. The summed E-state index contributed by atoms with van der Waals surface area (Å²) in [5, 5.41) is 12.7. The van der Waals surface area contributed by atoms with Crippen LogP contribution >= 0.6 is 11.6 Å². The Hall–Kier alpha value is -1.11. The molecule has 1 aromatic rings. The fourth-order valence-corrected chi connectivity index (χ4v) is 2.58. The fraction of sp³-hybridized carbons (Fsp3) is 0.692. The van der Waals surface area contributed by atoms with Crippen molar-refractivity contribution in [2.75, 3.05) is 56.1 Å². The molecule has 0 amide bonds. The third kappa shape index (κ3) is 3.94. The van der Waals surface area contributed by atoms with Crippen LogP contribution in [-0.2, 0) is 0 Å². The highest BCUT2D eigenvalue weighted by atomic mass is 35.5. The molecule has 0 unspecified atom stereocenters. The van der Waals surface area contributed by atoms with Crippen molar-refractivity contribution in [1.29, 1.82) is 0 Å². The molecule has 0 spiro atoms. The predicted octanol–water partition coefficient (Wildman–Crippen LogP) is 1.07. The van der Waals surface area contributed by atoms with Crippen molar-refractivity contribution in [2.24, 2.45) is 0 Å². The summed E-state index contributed by atoms with van der Waals surface area (Å²) in [5.74, 6) is 1.41. The molecular formula is C13H22ClN5O. The zero-order chi connectivity index (χ0) is 14.4. The van der Waals surface area contributed by atoms with E-state index in [0.717, 1.165) is 51.5 Å². The zero-order valence-corrected chi connectivity index (χ0v) is 12.6. The maximum atomic E-state index is 9.03. The molecule has 1 aromatic heterocycles. The predicted molar refractivity (Wildman–Crippen MR) is 81.6 cm³/mol. The van der Waals surface area contributed by atoms with Crippen LogP contribution in [0.5, 0.6) is 0 Å². The summed E-state index contributed by atoms with van der Waals surface area (Å²) in [6.07, 6.45) is 2.69. The molecule has 1 aliphatic heterocycles. The quantitative estimate of drug-likeness (QED) is 0.848. The summed E-state index contributed by atoms with van der Waals surface area (Å²) in [7, 11) is 0. The van der Waals surface area contributed by atoms with Gasteiger partial charge in [-0.25, -0.2) is 4.98 Å². The smallest absolute Gasteiger partial charge is 0.224 e. The molecule has 1 saturated heterocycles. The van der Waals surface area contributed by atoms with Crippen LogP contribution in [0.25, 0.3) is 0 Å². The van der Waals surface area contributed by atoms with Gasteiger partial charge in [0.2, 0.25) is 5.95 Å². The van der Waals surface area contributed by atoms with E-state index < -0.39 is 0 Å². The highest BCUT2D eigenvalue weighted by molar-refractivity contribution is 6.32. The Kier molecular flexibility index (Phi) is 5.82. The van der Waals surface area contributed by atoms with E-state index in [1.165, 1.54) is 0 Å². The number of β-amino-alcohol motifs (C(OH)–C–C–N with tert-alkyl or cyclic N) is 1. The second-order valence-electron chi connectivity index (χ2n) is 4.80. The maximum Gasteiger partial charge on any atom is 0.224 e. The summed E-state index contributed by atoms with van der Waals surface area (Å²) in [5.41, 5.74) is 0. The van der Waals surface area contributed by atoms with E-state index in [-0.39, 0.29) is 6.61 Å². The Bertz CT molecular complexity index is 431. The van der Waals surface area contributed by atoms with Gasteiger partial charge in [-0.1, -0.05) is 11.6 Å². The second kappa shape index (κ2) is 7.61. The van der Waals surface area contributed by atoms with Crippen LogP contribution in [0.15, 0.2) is 6.20 Å². The van der Waals surface area contributed by atoms with Gasteiger partial charge in [0.25, 0.3) is 0 Å². The van der Waals surface area contributed by atoms with E-state index in [0.29, 0.717) is 11.0 Å². The molecule has 6 nitrogen and oxygen atoms in total. The van der Waals surface area contributed by atoms with E-state index in [9.17, 15) is 0 Å². The van der Waals surface area contributed by atoms with Gasteiger partial charge in [0.15, 0.2) is 5.82 Å². The molecule has 1 fully saturated rings. The van der Waals surface area contributed by atoms with Crippen molar-refractivity contribution < 1.29 is 5.11 Å².